The first-order chi connectivity index (χ1) is 12.8. The van der Waals surface area contributed by atoms with Crippen molar-refractivity contribution in [1.29, 1.82) is 0 Å². The van der Waals surface area contributed by atoms with Crippen LogP contribution in [0.5, 0.6) is 0 Å². The van der Waals surface area contributed by atoms with Crippen LogP contribution in [0.3, 0.4) is 0 Å². The zero-order valence-electron chi connectivity index (χ0n) is 14.1. The Morgan fingerprint density at radius 2 is 2.27 bits per heavy atom. The molecule has 0 spiro atoms. The maximum Gasteiger partial charge on any atom is 0.280 e. The van der Waals surface area contributed by atoms with Gasteiger partial charge in [-0.2, -0.15) is 4.98 Å². The molecule has 5 rings (SSSR count). The van der Waals surface area contributed by atoms with Crippen molar-refractivity contribution in [1.82, 2.24) is 30.0 Å². The standard InChI is InChI=1S/C17H18N6O2S/c24-15(8-13-2-1-7-26-13)22-6-5-12(9-22)23-10-14(19-21-23)17-18-16(20-25-17)11-3-4-11/h1-2,7,10-12H,3-6,8-9H2. The predicted molar refractivity (Wildman–Crippen MR) is 93.5 cm³/mol. The smallest absolute Gasteiger partial charge is 0.280 e. The summed E-state index contributed by atoms with van der Waals surface area (Å²) in [6.07, 6.45) is 5.43. The fraction of sp³-hybridized carbons (Fsp3) is 0.471. The van der Waals surface area contributed by atoms with Gasteiger partial charge < -0.3 is 9.42 Å². The molecule has 1 aliphatic carbocycles. The summed E-state index contributed by atoms with van der Waals surface area (Å²) in [4.78, 5) is 19.9. The quantitative estimate of drug-likeness (QED) is 0.684. The summed E-state index contributed by atoms with van der Waals surface area (Å²) in [5.41, 5.74) is 0.591. The van der Waals surface area contributed by atoms with Crippen molar-refractivity contribution >= 4 is 17.2 Å². The number of rotatable bonds is 5. The minimum Gasteiger partial charge on any atom is -0.340 e. The Kier molecular flexibility index (Phi) is 3.81. The fourth-order valence-electron chi connectivity index (χ4n) is 3.26. The minimum absolute atomic E-state index is 0.134. The number of thiophene rings is 1. The molecule has 0 radical (unpaired) electrons. The first kappa shape index (κ1) is 15.7. The molecule has 4 heterocycles. The van der Waals surface area contributed by atoms with Crippen LogP contribution in [0, 0.1) is 0 Å². The number of nitrogens with zero attached hydrogens (tertiary/aromatic N) is 6. The van der Waals surface area contributed by atoms with E-state index in [1.807, 2.05) is 33.3 Å². The summed E-state index contributed by atoms with van der Waals surface area (Å²) < 4.78 is 7.12. The first-order valence-electron chi connectivity index (χ1n) is 8.82. The van der Waals surface area contributed by atoms with Crippen LogP contribution in [0.15, 0.2) is 28.2 Å². The third-order valence-electron chi connectivity index (χ3n) is 4.91. The van der Waals surface area contributed by atoms with Crippen LogP contribution in [0.1, 0.15) is 41.9 Å². The maximum atomic E-state index is 12.4. The molecule has 134 valence electrons. The zero-order valence-corrected chi connectivity index (χ0v) is 14.9. The third-order valence-corrected chi connectivity index (χ3v) is 5.79. The number of aromatic nitrogens is 5. The SMILES string of the molecule is O=C(Cc1cccs1)N1CCC(n2cc(-c3nc(C4CC4)no3)nn2)C1. The lowest BCUT2D eigenvalue weighted by molar-refractivity contribution is -0.129. The summed E-state index contributed by atoms with van der Waals surface area (Å²) in [7, 11) is 0. The lowest BCUT2D eigenvalue weighted by Gasteiger charge is -2.16. The predicted octanol–water partition coefficient (Wildman–Crippen LogP) is 2.28. The minimum atomic E-state index is 0.134. The molecule has 1 saturated heterocycles. The van der Waals surface area contributed by atoms with Gasteiger partial charge in [0.2, 0.25) is 5.91 Å². The average molecular weight is 370 g/mol. The molecule has 0 aromatic carbocycles. The molecule has 3 aromatic heterocycles. The van der Waals surface area contributed by atoms with E-state index in [0.717, 1.165) is 36.5 Å². The van der Waals surface area contributed by atoms with E-state index in [4.69, 9.17) is 4.52 Å². The number of amides is 1. The van der Waals surface area contributed by atoms with Crippen molar-refractivity contribution in [2.24, 2.45) is 0 Å². The molecular weight excluding hydrogens is 352 g/mol. The molecule has 1 atom stereocenters. The molecule has 2 aliphatic rings. The first-order valence-corrected chi connectivity index (χ1v) is 9.70. The van der Waals surface area contributed by atoms with Gasteiger partial charge in [-0.3, -0.25) is 4.79 Å². The fourth-order valence-corrected chi connectivity index (χ4v) is 3.95. The molecule has 26 heavy (non-hydrogen) atoms. The molecule has 1 aliphatic heterocycles. The number of carbonyl (C=O) groups is 1. The second-order valence-corrected chi connectivity index (χ2v) is 7.89. The normalized spacial score (nSPS) is 20.0. The summed E-state index contributed by atoms with van der Waals surface area (Å²) in [6, 6.07) is 4.11. The second-order valence-electron chi connectivity index (χ2n) is 6.85. The van der Waals surface area contributed by atoms with Gasteiger partial charge in [0, 0.05) is 23.9 Å². The Labute approximate surface area is 153 Å². The van der Waals surface area contributed by atoms with E-state index in [1.165, 1.54) is 0 Å². The van der Waals surface area contributed by atoms with Crippen molar-refractivity contribution in [3.05, 3.63) is 34.4 Å². The topological polar surface area (TPSA) is 89.9 Å². The van der Waals surface area contributed by atoms with Crippen LogP contribution in [0.25, 0.3) is 11.6 Å². The van der Waals surface area contributed by atoms with Crippen molar-refractivity contribution in [2.75, 3.05) is 13.1 Å². The second kappa shape index (κ2) is 6.31. The van der Waals surface area contributed by atoms with E-state index in [0.29, 0.717) is 30.5 Å². The number of hydrogen-bond acceptors (Lipinski definition) is 7. The Hall–Kier alpha value is -2.55. The van der Waals surface area contributed by atoms with Gasteiger partial charge in [-0.25, -0.2) is 4.68 Å². The van der Waals surface area contributed by atoms with Crippen LogP contribution < -0.4 is 0 Å². The molecule has 0 bridgehead atoms. The molecule has 1 saturated carbocycles. The van der Waals surface area contributed by atoms with Crippen LogP contribution in [0.4, 0.5) is 0 Å². The molecule has 8 nitrogen and oxygen atoms in total. The molecule has 0 N–H and O–H groups in total. The third kappa shape index (κ3) is 3.03. The maximum absolute atomic E-state index is 12.4. The Balaban J connectivity index is 1.24. The molecule has 1 amide bonds. The van der Waals surface area contributed by atoms with Crippen LogP contribution >= 0.6 is 11.3 Å². The van der Waals surface area contributed by atoms with Gasteiger partial charge in [-0.1, -0.05) is 16.4 Å². The van der Waals surface area contributed by atoms with Gasteiger partial charge in [0.25, 0.3) is 5.89 Å². The van der Waals surface area contributed by atoms with Crippen LogP contribution in [0.2, 0.25) is 0 Å². The van der Waals surface area contributed by atoms with E-state index in [1.54, 1.807) is 11.3 Å². The number of hydrogen-bond donors (Lipinski definition) is 0. The van der Waals surface area contributed by atoms with Gasteiger partial charge >= 0.3 is 0 Å². The van der Waals surface area contributed by atoms with Crippen molar-refractivity contribution < 1.29 is 9.32 Å². The average Bonchev–Trinajstić information content (AvgIpc) is 3.18. The highest BCUT2D eigenvalue weighted by Crippen LogP contribution is 2.38. The van der Waals surface area contributed by atoms with Gasteiger partial charge in [-0.05, 0) is 30.7 Å². The molecular formula is C17H18N6O2S. The van der Waals surface area contributed by atoms with Gasteiger partial charge in [0.1, 0.15) is 0 Å². The Bertz CT molecular complexity index is 913. The highest BCUT2D eigenvalue weighted by molar-refractivity contribution is 7.10. The molecule has 9 heteroatoms. The van der Waals surface area contributed by atoms with Crippen molar-refractivity contribution in [3.63, 3.8) is 0 Å². The van der Waals surface area contributed by atoms with E-state index in [-0.39, 0.29) is 11.9 Å². The lowest BCUT2D eigenvalue weighted by atomic mass is 10.3. The summed E-state index contributed by atoms with van der Waals surface area (Å²) in [5.74, 6) is 1.80. The van der Waals surface area contributed by atoms with E-state index in [2.05, 4.69) is 20.5 Å². The lowest BCUT2D eigenvalue weighted by Crippen LogP contribution is -2.30. The van der Waals surface area contributed by atoms with Gasteiger partial charge in [0.15, 0.2) is 11.5 Å². The van der Waals surface area contributed by atoms with Crippen molar-refractivity contribution in [3.8, 4) is 11.6 Å². The monoisotopic (exact) mass is 370 g/mol. The van der Waals surface area contributed by atoms with Crippen LogP contribution in [-0.2, 0) is 11.2 Å². The summed E-state index contributed by atoms with van der Waals surface area (Å²) in [6.45, 7) is 1.40. The zero-order chi connectivity index (χ0) is 17.5. The van der Waals surface area contributed by atoms with E-state index < -0.39 is 0 Å². The highest BCUT2D eigenvalue weighted by Gasteiger charge is 2.31. The van der Waals surface area contributed by atoms with Crippen LogP contribution in [-0.4, -0.2) is 49.0 Å². The number of likely N-dealkylation sites (tertiary alicyclic amines) is 1. The molecule has 1 unspecified atom stereocenters. The summed E-state index contributed by atoms with van der Waals surface area (Å²) in [5, 5.41) is 14.4. The van der Waals surface area contributed by atoms with Gasteiger partial charge in [0.05, 0.1) is 18.7 Å². The largest absolute Gasteiger partial charge is 0.340 e. The van der Waals surface area contributed by atoms with Gasteiger partial charge in [-0.15, -0.1) is 16.4 Å². The van der Waals surface area contributed by atoms with E-state index >= 15 is 0 Å². The Morgan fingerprint density at radius 3 is 3.08 bits per heavy atom. The molecule has 3 aromatic rings. The molecule has 2 fully saturated rings. The van der Waals surface area contributed by atoms with E-state index in [9.17, 15) is 4.79 Å². The Morgan fingerprint density at radius 1 is 1.35 bits per heavy atom. The number of carbonyl (C=O) groups excluding carboxylic acids is 1. The highest BCUT2D eigenvalue weighted by atomic mass is 32.1. The van der Waals surface area contributed by atoms with Crippen molar-refractivity contribution in [2.45, 2.75) is 37.6 Å². The summed E-state index contributed by atoms with van der Waals surface area (Å²) >= 11 is 1.62.